The zero-order valence-corrected chi connectivity index (χ0v) is 11.6. The van der Waals surface area contributed by atoms with E-state index in [9.17, 15) is 0 Å². The summed E-state index contributed by atoms with van der Waals surface area (Å²) in [5, 5.41) is 4.11. The van der Waals surface area contributed by atoms with E-state index in [4.69, 9.17) is 23.2 Å². The molecular weight excluding hydrogens is 281 g/mol. The van der Waals surface area contributed by atoms with Crippen LogP contribution in [0.15, 0.2) is 48.5 Å². The highest BCUT2D eigenvalue weighted by Crippen LogP contribution is 2.14. The average molecular weight is 292 g/mol. The average Bonchev–Trinajstić information content (AvgIpc) is 2.25. The Balaban J connectivity index is 0.00000128. The Morgan fingerprint density at radius 2 is 0.938 bits per heavy atom. The van der Waals surface area contributed by atoms with Crippen molar-refractivity contribution in [2.45, 2.75) is 0 Å². The molecule has 0 fully saturated rings. The maximum absolute atomic E-state index is 5.82. The monoisotopic (exact) mass is 290 g/mol. The van der Waals surface area contributed by atoms with E-state index in [1.54, 1.807) is 0 Å². The molecule has 0 atom stereocenters. The lowest BCUT2D eigenvalue weighted by Gasteiger charge is -2.02. The summed E-state index contributed by atoms with van der Waals surface area (Å²) in [7, 11) is 0.652. The predicted molar refractivity (Wildman–Crippen MR) is 77.7 cm³/mol. The van der Waals surface area contributed by atoms with E-state index in [0.29, 0.717) is 8.58 Å². The molecule has 2 aromatic rings. The van der Waals surface area contributed by atoms with Crippen molar-refractivity contribution in [3.8, 4) is 0 Å². The fourth-order valence-corrected chi connectivity index (χ4v) is 2.49. The Kier molecular flexibility index (Phi) is 5.58. The van der Waals surface area contributed by atoms with Crippen molar-refractivity contribution in [1.29, 1.82) is 0 Å². The van der Waals surface area contributed by atoms with Crippen molar-refractivity contribution in [3.05, 3.63) is 58.6 Å². The number of rotatable bonds is 2. The lowest BCUT2D eigenvalue weighted by atomic mass is 10.4. The first-order chi connectivity index (χ1) is 7.24. The molecule has 0 unspecified atom stereocenters. The van der Waals surface area contributed by atoms with Crippen LogP contribution in [-0.2, 0) is 0 Å². The van der Waals surface area contributed by atoms with Gasteiger partial charge in [0.25, 0.3) is 0 Å². The van der Waals surface area contributed by atoms with E-state index in [0.717, 1.165) is 10.0 Å². The lowest BCUT2D eigenvalue weighted by Crippen LogP contribution is -2.01. The van der Waals surface area contributed by atoms with Crippen molar-refractivity contribution in [2.75, 3.05) is 0 Å². The van der Waals surface area contributed by atoms with Crippen molar-refractivity contribution in [1.82, 2.24) is 0 Å². The third-order valence-electron chi connectivity index (χ3n) is 1.98. The Bertz CT molecular complexity index is 393. The molecular formula is C12H10Cl3P. The first-order valence-electron chi connectivity index (χ1n) is 4.52. The fourth-order valence-electron chi connectivity index (χ4n) is 1.23. The molecule has 0 nitrogen and oxygen atoms in total. The molecule has 0 saturated carbocycles. The molecule has 0 aliphatic heterocycles. The number of hydrogen-bond donors (Lipinski definition) is 0. The predicted octanol–water partition coefficient (Wildman–Crippen LogP) is 4.04. The van der Waals surface area contributed by atoms with Crippen LogP contribution in [0.1, 0.15) is 0 Å². The fraction of sp³-hybridized carbons (Fsp3) is 0. The Labute approximate surface area is 113 Å². The first-order valence-corrected chi connectivity index (χ1v) is 6.28. The molecule has 2 rings (SSSR count). The largest absolute Gasteiger partial charge is 0.147 e. The molecule has 16 heavy (non-hydrogen) atoms. The molecule has 0 aromatic heterocycles. The minimum Gasteiger partial charge on any atom is -0.147 e. The zero-order valence-electron chi connectivity index (χ0n) is 8.28. The van der Waals surface area contributed by atoms with E-state index < -0.39 is 0 Å². The number of hydrogen-bond acceptors (Lipinski definition) is 0. The van der Waals surface area contributed by atoms with Gasteiger partial charge in [-0.2, -0.15) is 0 Å². The van der Waals surface area contributed by atoms with Crippen LogP contribution in [0, 0.1) is 0 Å². The molecule has 0 amide bonds. The molecule has 0 spiro atoms. The molecule has 0 aliphatic carbocycles. The molecule has 0 heterocycles. The second kappa shape index (κ2) is 6.47. The van der Waals surface area contributed by atoms with E-state index in [2.05, 4.69) is 24.3 Å². The molecule has 0 bridgehead atoms. The highest BCUT2D eigenvalue weighted by Gasteiger charge is 1.96. The van der Waals surface area contributed by atoms with Crippen LogP contribution < -0.4 is 10.6 Å². The van der Waals surface area contributed by atoms with E-state index in [1.807, 2.05) is 24.3 Å². The van der Waals surface area contributed by atoms with E-state index >= 15 is 0 Å². The Morgan fingerprint density at radius 3 is 1.25 bits per heavy atom. The summed E-state index contributed by atoms with van der Waals surface area (Å²) >= 11 is 11.6. The minimum atomic E-state index is 0. The van der Waals surface area contributed by atoms with Gasteiger partial charge in [0.2, 0.25) is 0 Å². The van der Waals surface area contributed by atoms with E-state index in [-0.39, 0.29) is 12.4 Å². The molecule has 0 radical (unpaired) electrons. The van der Waals surface area contributed by atoms with Crippen LogP contribution in [0.25, 0.3) is 0 Å². The summed E-state index contributed by atoms with van der Waals surface area (Å²) in [4.78, 5) is 0. The van der Waals surface area contributed by atoms with Crippen LogP contribution in [0.3, 0.4) is 0 Å². The summed E-state index contributed by atoms with van der Waals surface area (Å²) in [5.74, 6) is 0. The minimum absolute atomic E-state index is 0. The lowest BCUT2D eigenvalue weighted by molar-refractivity contribution is 1.75. The molecule has 0 aliphatic rings. The van der Waals surface area contributed by atoms with E-state index in [1.165, 1.54) is 10.6 Å². The van der Waals surface area contributed by atoms with Gasteiger partial charge in [0.1, 0.15) is 0 Å². The van der Waals surface area contributed by atoms with Gasteiger partial charge in [-0.1, -0.05) is 56.0 Å². The highest BCUT2D eigenvalue weighted by molar-refractivity contribution is 7.55. The molecule has 0 N–H and O–H groups in total. The molecule has 4 heteroatoms. The number of halogens is 3. The maximum atomic E-state index is 5.82. The van der Waals surface area contributed by atoms with Crippen LogP contribution in [0.2, 0.25) is 10.0 Å². The van der Waals surface area contributed by atoms with Crippen molar-refractivity contribution in [2.24, 2.45) is 0 Å². The molecule has 84 valence electrons. The van der Waals surface area contributed by atoms with Gasteiger partial charge in [-0.3, -0.25) is 0 Å². The van der Waals surface area contributed by atoms with Crippen molar-refractivity contribution >= 4 is 54.8 Å². The van der Waals surface area contributed by atoms with Crippen LogP contribution in [0.4, 0.5) is 0 Å². The topological polar surface area (TPSA) is 0 Å². The van der Waals surface area contributed by atoms with Gasteiger partial charge in [0.05, 0.1) is 0 Å². The third kappa shape index (κ3) is 3.96. The van der Waals surface area contributed by atoms with Gasteiger partial charge in [0.15, 0.2) is 0 Å². The van der Waals surface area contributed by atoms with Gasteiger partial charge < -0.3 is 0 Å². The van der Waals surface area contributed by atoms with Gasteiger partial charge in [-0.05, 0) is 34.9 Å². The quantitative estimate of drug-likeness (QED) is 0.733. The van der Waals surface area contributed by atoms with Crippen LogP contribution >= 0.6 is 44.2 Å². The van der Waals surface area contributed by atoms with Gasteiger partial charge in [0, 0.05) is 10.0 Å². The summed E-state index contributed by atoms with van der Waals surface area (Å²) in [5.41, 5.74) is 0. The second-order valence-electron chi connectivity index (χ2n) is 3.14. The first kappa shape index (κ1) is 13.8. The zero-order chi connectivity index (χ0) is 10.7. The van der Waals surface area contributed by atoms with Gasteiger partial charge in [-0.15, -0.1) is 12.4 Å². The molecule has 0 saturated heterocycles. The standard InChI is InChI=1S/C12H9Cl2P.ClH/c13-9-1-5-11(6-2-9)15-12-7-3-10(14)4-8-12;/h1-8,15H;1H. The second-order valence-corrected chi connectivity index (χ2v) is 5.42. The van der Waals surface area contributed by atoms with Crippen molar-refractivity contribution < 1.29 is 0 Å². The summed E-state index contributed by atoms with van der Waals surface area (Å²) < 4.78 is 0. The number of benzene rings is 2. The maximum Gasteiger partial charge on any atom is 0.0406 e. The Morgan fingerprint density at radius 1 is 0.625 bits per heavy atom. The normalized spacial score (nSPS) is 9.62. The third-order valence-corrected chi connectivity index (χ3v) is 3.73. The smallest absolute Gasteiger partial charge is 0.0406 e. The van der Waals surface area contributed by atoms with Gasteiger partial charge in [-0.25, -0.2) is 0 Å². The summed E-state index contributed by atoms with van der Waals surface area (Å²) in [6.07, 6.45) is 0. The Hall–Kier alpha value is -0.260. The van der Waals surface area contributed by atoms with Crippen LogP contribution in [0.5, 0.6) is 0 Å². The SMILES string of the molecule is Cl.Clc1ccc(Pc2ccc(Cl)cc2)cc1. The highest BCUT2D eigenvalue weighted by atomic mass is 35.5. The molecule has 2 aromatic carbocycles. The van der Waals surface area contributed by atoms with Crippen LogP contribution in [-0.4, -0.2) is 0 Å². The summed E-state index contributed by atoms with van der Waals surface area (Å²) in [6, 6.07) is 15.9. The summed E-state index contributed by atoms with van der Waals surface area (Å²) in [6.45, 7) is 0. The van der Waals surface area contributed by atoms with Gasteiger partial charge >= 0.3 is 0 Å². The van der Waals surface area contributed by atoms with Crippen molar-refractivity contribution in [3.63, 3.8) is 0 Å².